The Labute approximate surface area is 95.6 Å². The minimum atomic E-state index is 0.488. The Morgan fingerprint density at radius 3 is 2.62 bits per heavy atom. The van der Waals surface area contributed by atoms with Crippen molar-refractivity contribution in [2.24, 2.45) is 0 Å². The van der Waals surface area contributed by atoms with Crippen molar-refractivity contribution in [3.05, 3.63) is 41.1 Å². The first-order valence-electron chi connectivity index (χ1n) is 5.43. The summed E-state index contributed by atoms with van der Waals surface area (Å²) in [7, 11) is 0. The average molecular weight is 210 g/mol. The summed E-state index contributed by atoms with van der Waals surface area (Å²) in [6, 6.07) is 10.2. The molecule has 0 atom stereocenters. The zero-order valence-corrected chi connectivity index (χ0v) is 9.78. The molecule has 0 radical (unpaired) electrons. The molecule has 2 aromatic rings. The second-order valence-electron chi connectivity index (χ2n) is 4.37. The van der Waals surface area contributed by atoms with Crippen molar-refractivity contribution < 1.29 is 0 Å². The van der Waals surface area contributed by atoms with E-state index < -0.39 is 0 Å². The topological polar surface area (TPSA) is 36.7 Å². The summed E-state index contributed by atoms with van der Waals surface area (Å²) in [5.74, 6) is 0.513. The molecule has 0 spiro atoms. The Bertz CT molecular complexity index is 577. The van der Waals surface area contributed by atoms with Crippen molar-refractivity contribution in [3.63, 3.8) is 0 Å². The first kappa shape index (κ1) is 10.6. The molecule has 0 amide bonds. The Morgan fingerprint density at radius 2 is 2.00 bits per heavy atom. The van der Waals surface area contributed by atoms with Gasteiger partial charge in [0, 0.05) is 5.39 Å². The van der Waals surface area contributed by atoms with E-state index in [4.69, 9.17) is 5.26 Å². The van der Waals surface area contributed by atoms with E-state index in [1.165, 1.54) is 5.56 Å². The van der Waals surface area contributed by atoms with E-state index in [2.05, 4.69) is 37.0 Å². The molecule has 2 rings (SSSR count). The number of aryl methyl sites for hydroxylation is 1. The van der Waals surface area contributed by atoms with Crippen LogP contribution in [0.1, 0.15) is 36.6 Å². The van der Waals surface area contributed by atoms with Crippen LogP contribution in [0.2, 0.25) is 0 Å². The van der Waals surface area contributed by atoms with Gasteiger partial charge in [0.15, 0.2) is 0 Å². The molecule has 0 saturated carbocycles. The van der Waals surface area contributed by atoms with Crippen LogP contribution in [0.3, 0.4) is 0 Å². The fraction of sp³-hybridized carbons (Fsp3) is 0.286. The number of rotatable bonds is 1. The lowest BCUT2D eigenvalue weighted by Crippen LogP contribution is -1.92. The molecule has 1 aromatic heterocycles. The second kappa shape index (κ2) is 3.94. The van der Waals surface area contributed by atoms with Crippen molar-refractivity contribution in [3.8, 4) is 6.07 Å². The smallest absolute Gasteiger partial charge is 0.141 e. The van der Waals surface area contributed by atoms with E-state index in [1.807, 2.05) is 19.1 Å². The van der Waals surface area contributed by atoms with Gasteiger partial charge < -0.3 is 0 Å². The molecule has 1 heterocycles. The Balaban J connectivity index is 2.71. The first-order valence-corrected chi connectivity index (χ1v) is 5.43. The maximum Gasteiger partial charge on any atom is 0.141 e. The monoisotopic (exact) mass is 210 g/mol. The maximum absolute atomic E-state index is 8.85. The van der Waals surface area contributed by atoms with Gasteiger partial charge in [-0.05, 0) is 42.2 Å². The second-order valence-corrected chi connectivity index (χ2v) is 4.37. The van der Waals surface area contributed by atoms with E-state index in [9.17, 15) is 0 Å². The van der Waals surface area contributed by atoms with Crippen LogP contribution in [0.25, 0.3) is 10.9 Å². The van der Waals surface area contributed by atoms with E-state index >= 15 is 0 Å². The summed E-state index contributed by atoms with van der Waals surface area (Å²) in [6.07, 6.45) is 0. The van der Waals surface area contributed by atoms with Crippen LogP contribution in [0.4, 0.5) is 0 Å². The zero-order chi connectivity index (χ0) is 11.7. The molecule has 0 fully saturated rings. The molecule has 1 aromatic carbocycles. The standard InChI is InChI=1S/C14H14N2/c1-9(2)11-4-5-14-13(7-11)10(3)6-12(8-15)16-14/h4-7,9H,1-3H3. The highest BCUT2D eigenvalue weighted by molar-refractivity contribution is 5.83. The third-order valence-electron chi connectivity index (χ3n) is 2.82. The van der Waals surface area contributed by atoms with E-state index in [0.717, 1.165) is 16.5 Å². The predicted molar refractivity (Wildman–Crippen MR) is 65.3 cm³/mol. The number of aromatic nitrogens is 1. The number of benzene rings is 1. The third-order valence-corrected chi connectivity index (χ3v) is 2.82. The Morgan fingerprint density at radius 1 is 1.25 bits per heavy atom. The highest BCUT2D eigenvalue weighted by Gasteiger charge is 2.05. The Hall–Kier alpha value is -1.88. The van der Waals surface area contributed by atoms with Gasteiger partial charge in [-0.3, -0.25) is 0 Å². The van der Waals surface area contributed by atoms with E-state index in [-0.39, 0.29) is 0 Å². The van der Waals surface area contributed by atoms with Gasteiger partial charge in [0.2, 0.25) is 0 Å². The largest absolute Gasteiger partial charge is 0.237 e. The quantitative estimate of drug-likeness (QED) is 0.721. The number of hydrogen-bond donors (Lipinski definition) is 0. The lowest BCUT2D eigenvalue weighted by atomic mass is 9.99. The molecule has 16 heavy (non-hydrogen) atoms. The number of pyridine rings is 1. The van der Waals surface area contributed by atoms with Gasteiger partial charge >= 0.3 is 0 Å². The highest BCUT2D eigenvalue weighted by Crippen LogP contribution is 2.23. The van der Waals surface area contributed by atoms with Crippen LogP contribution < -0.4 is 0 Å². The minimum absolute atomic E-state index is 0.488. The first-order chi connectivity index (χ1) is 7.61. The number of fused-ring (bicyclic) bond motifs is 1. The molecular weight excluding hydrogens is 196 g/mol. The minimum Gasteiger partial charge on any atom is -0.237 e. The normalized spacial score (nSPS) is 10.7. The molecule has 2 heteroatoms. The van der Waals surface area contributed by atoms with Crippen molar-refractivity contribution in [2.75, 3.05) is 0 Å². The van der Waals surface area contributed by atoms with Crippen molar-refractivity contribution >= 4 is 10.9 Å². The van der Waals surface area contributed by atoms with Crippen LogP contribution in [0.15, 0.2) is 24.3 Å². The van der Waals surface area contributed by atoms with Gasteiger partial charge in [-0.15, -0.1) is 0 Å². The van der Waals surface area contributed by atoms with Crippen LogP contribution in [-0.2, 0) is 0 Å². The van der Waals surface area contributed by atoms with Crippen LogP contribution >= 0.6 is 0 Å². The SMILES string of the molecule is Cc1cc(C#N)nc2ccc(C(C)C)cc12. The van der Waals surface area contributed by atoms with Crippen molar-refractivity contribution in [2.45, 2.75) is 26.7 Å². The maximum atomic E-state index is 8.85. The number of nitriles is 1. The summed E-state index contributed by atoms with van der Waals surface area (Å²) in [4.78, 5) is 4.29. The average Bonchev–Trinajstić information content (AvgIpc) is 2.28. The summed E-state index contributed by atoms with van der Waals surface area (Å²) < 4.78 is 0. The lowest BCUT2D eigenvalue weighted by molar-refractivity contribution is 0.868. The molecule has 0 aliphatic rings. The van der Waals surface area contributed by atoms with Crippen LogP contribution in [0.5, 0.6) is 0 Å². The predicted octanol–water partition coefficient (Wildman–Crippen LogP) is 3.54. The van der Waals surface area contributed by atoms with E-state index in [0.29, 0.717) is 11.6 Å². The van der Waals surface area contributed by atoms with Gasteiger partial charge in [-0.25, -0.2) is 4.98 Å². The van der Waals surface area contributed by atoms with Crippen LogP contribution in [-0.4, -0.2) is 4.98 Å². The molecule has 0 aliphatic heterocycles. The van der Waals surface area contributed by atoms with Crippen LogP contribution in [0, 0.1) is 18.3 Å². The molecule has 0 unspecified atom stereocenters. The highest BCUT2D eigenvalue weighted by atomic mass is 14.7. The molecule has 0 aliphatic carbocycles. The van der Waals surface area contributed by atoms with Crippen molar-refractivity contribution in [1.82, 2.24) is 4.98 Å². The Kier molecular flexibility index (Phi) is 2.62. The molecule has 2 nitrogen and oxygen atoms in total. The zero-order valence-electron chi connectivity index (χ0n) is 9.78. The van der Waals surface area contributed by atoms with Crippen molar-refractivity contribution in [1.29, 1.82) is 5.26 Å². The summed E-state index contributed by atoms with van der Waals surface area (Å²) in [5.41, 5.74) is 3.81. The molecule has 0 N–H and O–H groups in total. The van der Waals surface area contributed by atoms with Gasteiger partial charge in [0.05, 0.1) is 5.52 Å². The molecule has 0 bridgehead atoms. The van der Waals surface area contributed by atoms with Gasteiger partial charge in [-0.2, -0.15) is 5.26 Å². The third kappa shape index (κ3) is 1.77. The summed E-state index contributed by atoms with van der Waals surface area (Å²) in [6.45, 7) is 6.37. The fourth-order valence-electron chi connectivity index (χ4n) is 1.83. The molecular formula is C14H14N2. The number of hydrogen-bond acceptors (Lipinski definition) is 2. The van der Waals surface area contributed by atoms with E-state index in [1.54, 1.807) is 0 Å². The molecule has 0 saturated heterocycles. The number of nitrogens with zero attached hydrogens (tertiary/aromatic N) is 2. The fourth-order valence-corrected chi connectivity index (χ4v) is 1.83. The van der Waals surface area contributed by atoms with Gasteiger partial charge in [0.1, 0.15) is 11.8 Å². The summed E-state index contributed by atoms with van der Waals surface area (Å²) in [5, 5.41) is 10.00. The summed E-state index contributed by atoms with van der Waals surface area (Å²) >= 11 is 0. The lowest BCUT2D eigenvalue weighted by Gasteiger charge is -2.08. The molecule has 80 valence electrons. The van der Waals surface area contributed by atoms with Gasteiger partial charge in [0.25, 0.3) is 0 Å². The van der Waals surface area contributed by atoms with Gasteiger partial charge in [-0.1, -0.05) is 19.9 Å².